The Kier molecular flexibility index (Phi) is 4.14. The van der Waals surface area contributed by atoms with Crippen molar-refractivity contribution in [1.82, 2.24) is 14.9 Å². The lowest BCUT2D eigenvalue weighted by molar-refractivity contribution is 0.178. The summed E-state index contributed by atoms with van der Waals surface area (Å²) in [5, 5.41) is 0. The summed E-state index contributed by atoms with van der Waals surface area (Å²) in [6.45, 7) is 3.77. The fraction of sp³-hybridized carbons (Fsp3) is 0.692. The summed E-state index contributed by atoms with van der Waals surface area (Å²) >= 11 is 0. The first-order valence-corrected chi connectivity index (χ1v) is 6.37. The van der Waals surface area contributed by atoms with Crippen molar-refractivity contribution in [2.45, 2.75) is 32.0 Å². The van der Waals surface area contributed by atoms with Gasteiger partial charge in [0.2, 0.25) is 0 Å². The number of methoxy groups -OCH3 is 1. The quantitative estimate of drug-likeness (QED) is 0.802. The highest BCUT2D eigenvalue weighted by atomic mass is 16.5. The van der Waals surface area contributed by atoms with Crippen LogP contribution in [-0.2, 0) is 11.3 Å². The van der Waals surface area contributed by atoms with Gasteiger partial charge in [-0.2, -0.15) is 0 Å². The Morgan fingerprint density at radius 1 is 1.50 bits per heavy atom. The summed E-state index contributed by atoms with van der Waals surface area (Å²) in [7, 11) is 5.94. The minimum atomic E-state index is 0.465. The second-order valence-corrected chi connectivity index (χ2v) is 5.02. The van der Waals surface area contributed by atoms with Crippen LogP contribution in [0, 0.1) is 0 Å². The molecule has 1 aliphatic heterocycles. The van der Waals surface area contributed by atoms with Crippen LogP contribution in [0.2, 0.25) is 0 Å². The molecule has 0 spiro atoms. The molecule has 1 aliphatic rings. The molecule has 1 aromatic rings. The Morgan fingerprint density at radius 2 is 2.28 bits per heavy atom. The number of ether oxygens (including phenoxy) is 1. The zero-order valence-corrected chi connectivity index (χ0v) is 11.6. The van der Waals surface area contributed by atoms with Crippen molar-refractivity contribution in [3.63, 3.8) is 0 Å². The average molecular weight is 250 g/mol. The highest BCUT2D eigenvalue weighted by Crippen LogP contribution is 2.26. The summed E-state index contributed by atoms with van der Waals surface area (Å²) in [6, 6.07) is 3.05. The Hall–Kier alpha value is -1.20. The van der Waals surface area contributed by atoms with E-state index in [4.69, 9.17) is 4.74 Å². The number of hydrogen-bond donors (Lipinski definition) is 0. The van der Waals surface area contributed by atoms with Gasteiger partial charge < -0.3 is 14.5 Å². The minimum absolute atomic E-state index is 0.465. The number of likely N-dealkylation sites (N-methyl/N-ethyl adjacent to an activating group) is 1. The maximum atomic E-state index is 5.08. The van der Waals surface area contributed by atoms with Crippen LogP contribution in [0.15, 0.2) is 12.3 Å². The van der Waals surface area contributed by atoms with Gasteiger partial charge in [0.25, 0.3) is 0 Å². The second kappa shape index (κ2) is 5.63. The van der Waals surface area contributed by atoms with Gasteiger partial charge in [-0.05, 0) is 33.5 Å². The van der Waals surface area contributed by atoms with Crippen LogP contribution in [-0.4, -0.2) is 54.7 Å². The molecule has 2 rings (SSSR count). The molecule has 0 N–H and O–H groups in total. The van der Waals surface area contributed by atoms with E-state index in [1.165, 1.54) is 6.42 Å². The standard InChI is InChI=1S/C13H22N4O/c1-10-11(16(2)3)6-8-17(10)13-5-7-14-12(15-13)9-18-4/h5,7,10-11H,6,8-9H2,1-4H3. The molecule has 2 atom stereocenters. The minimum Gasteiger partial charge on any atom is -0.377 e. The Bertz CT molecular complexity index is 396. The van der Waals surface area contributed by atoms with Crippen molar-refractivity contribution in [1.29, 1.82) is 0 Å². The van der Waals surface area contributed by atoms with Crippen LogP contribution in [0.3, 0.4) is 0 Å². The molecule has 0 aliphatic carbocycles. The molecule has 0 radical (unpaired) electrons. The number of rotatable bonds is 4. The van der Waals surface area contributed by atoms with Crippen molar-refractivity contribution in [2.75, 3.05) is 32.6 Å². The van der Waals surface area contributed by atoms with Crippen LogP contribution in [0.4, 0.5) is 5.82 Å². The molecular formula is C13H22N4O. The number of nitrogens with zero attached hydrogens (tertiary/aromatic N) is 4. The van der Waals surface area contributed by atoms with Gasteiger partial charge in [0.05, 0.1) is 0 Å². The predicted molar refractivity (Wildman–Crippen MR) is 71.6 cm³/mol. The Balaban J connectivity index is 2.14. The zero-order chi connectivity index (χ0) is 13.1. The van der Waals surface area contributed by atoms with Crippen molar-refractivity contribution < 1.29 is 4.74 Å². The van der Waals surface area contributed by atoms with Crippen molar-refractivity contribution >= 4 is 5.82 Å². The predicted octanol–water partition coefficient (Wildman–Crippen LogP) is 1.15. The highest BCUT2D eigenvalue weighted by Gasteiger charge is 2.32. The summed E-state index contributed by atoms with van der Waals surface area (Å²) < 4.78 is 5.08. The van der Waals surface area contributed by atoms with Crippen LogP contribution >= 0.6 is 0 Å². The largest absolute Gasteiger partial charge is 0.377 e. The first-order chi connectivity index (χ1) is 8.63. The smallest absolute Gasteiger partial charge is 0.156 e. The maximum Gasteiger partial charge on any atom is 0.156 e. The molecule has 2 heterocycles. The monoisotopic (exact) mass is 250 g/mol. The molecule has 0 amide bonds. The Labute approximate surface area is 109 Å². The lowest BCUT2D eigenvalue weighted by atomic mass is 10.1. The molecular weight excluding hydrogens is 228 g/mol. The lowest BCUT2D eigenvalue weighted by Crippen LogP contribution is -2.40. The van der Waals surface area contributed by atoms with E-state index in [-0.39, 0.29) is 0 Å². The van der Waals surface area contributed by atoms with Gasteiger partial charge in [0.15, 0.2) is 5.82 Å². The van der Waals surface area contributed by atoms with E-state index in [0.29, 0.717) is 18.7 Å². The van der Waals surface area contributed by atoms with E-state index in [0.717, 1.165) is 18.2 Å². The van der Waals surface area contributed by atoms with E-state index in [1.807, 2.05) is 12.3 Å². The van der Waals surface area contributed by atoms with Gasteiger partial charge in [-0.15, -0.1) is 0 Å². The van der Waals surface area contributed by atoms with Crippen molar-refractivity contribution in [3.8, 4) is 0 Å². The normalized spacial score (nSPS) is 23.9. The SMILES string of the molecule is COCc1nccc(N2CCC(N(C)C)C2C)n1. The van der Waals surface area contributed by atoms with Gasteiger partial charge in [-0.3, -0.25) is 0 Å². The molecule has 1 saturated heterocycles. The van der Waals surface area contributed by atoms with Crippen LogP contribution in [0.5, 0.6) is 0 Å². The van der Waals surface area contributed by atoms with E-state index >= 15 is 0 Å². The molecule has 5 nitrogen and oxygen atoms in total. The van der Waals surface area contributed by atoms with Crippen LogP contribution in [0.25, 0.3) is 0 Å². The van der Waals surface area contributed by atoms with Crippen molar-refractivity contribution in [3.05, 3.63) is 18.1 Å². The molecule has 2 unspecified atom stereocenters. The molecule has 0 saturated carbocycles. The molecule has 1 aromatic heterocycles. The second-order valence-electron chi connectivity index (χ2n) is 5.02. The van der Waals surface area contributed by atoms with E-state index in [1.54, 1.807) is 7.11 Å². The average Bonchev–Trinajstić information content (AvgIpc) is 2.72. The lowest BCUT2D eigenvalue weighted by Gasteiger charge is -2.29. The first kappa shape index (κ1) is 13.2. The number of hydrogen-bond acceptors (Lipinski definition) is 5. The molecule has 5 heteroatoms. The molecule has 0 bridgehead atoms. The van der Waals surface area contributed by atoms with Crippen LogP contribution < -0.4 is 4.90 Å². The topological polar surface area (TPSA) is 41.5 Å². The van der Waals surface area contributed by atoms with E-state index < -0.39 is 0 Å². The summed E-state index contributed by atoms with van der Waals surface area (Å²) in [4.78, 5) is 13.4. The molecule has 0 aromatic carbocycles. The van der Waals surface area contributed by atoms with Gasteiger partial charge >= 0.3 is 0 Å². The number of aromatic nitrogens is 2. The number of anilines is 1. The Morgan fingerprint density at radius 3 is 2.89 bits per heavy atom. The third kappa shape index (κ3) is 2.62. The fourth-order valence-corrected chi connectivity index (χ4v) is 2.68. The molecule has 100 valence electrons. The molecule has 1 fully saturated rings. The maximum absolute atomic E-state index is 5.08. The molecule has 18 heavy (non-hydrogen) atoms. The van der Waals surface area contributed by atoms with Crippen molar-refractivity contribution in [2.24, 2.45) is 0 Å². The zero-order valence-electron chi connectivity index (χ0n) is 11.6. The fourth-order valence-electron chi connectivity index (χ4n) is 2.68. The van der Waals surface area contributed by atoms with Gasteiger partial charge in [0.1, 0.15) is 12.4 Å². The van der Waals surface area contributed by atoms with E-state index in [2.05, 4.69) is 40.8 Å². The summed E-state index contributed by atoms with van der Waals surface area (Å²) in [6.07, 6.45) is 2.99. The third-order valence-corrected chi connectivity index (χ3v) is 3.64. The summed E-state index contributed by atoms with van der Waals surface area (Å²) in [5.41, 5.74) is 0. The van der Waals surface area contributed by atoms with Crippen LogP contribution in [0.1, 0.15) is 19.2 Å². The first-order valence-electron chi connectivity index (χ1n) is 6.37. The van der Waals surface area contributed by atoms with Gasteiger partial charge in [-0.1, -0.05) is 0 Å². The summed E-state index contributed by atoms with van der Waals surface area (Å²) in [5.74, 6) is 1.75. The third-order valence-electron chi connectivity index (χ3n) is 3.64. The highest BCUT2D eigenvalue weighted by molar-refractivity contribution is 5.41. The van der Waals surface area contributed by atoms with Gasteiger partial charge in [0, 0.05) is 31.9 Å². The van der Waals surface area contributed by atoms with E-state index in [9.17, 15) is 0 Å². The van der Waals surface area contributed by atoms with Gasteiger partial charge in [-0.25, -0.2) is 9.97 Å².